The van der Waals surface area contributed by atoms with E-state index in [1.807, 2.05) is 45.0 Å². The molecule has 5 nitrogen and oxygen atoms in total. The molecule has 6 heteroatoms. The van der Waals surface area contributed by atoms with Gasteiger partial charge in [-0.1, -0.05) is 11.6 Å². The lowest BCUT2D eigenvalue weighted by atomic mass is 10.2. The third-order valence-corrected chi connectivity index (χ3v) is 3.77. The summed E-state index contributed by atoms with van der Waals surface area (Å²) in [5.41, 5.74) is 1.64. The average molecular weight is 310 g/mol. The van der Waals surface area contributed by atoms with Gasteiger partial charge in [-0.05, 0) is 32.0 Å². The first-order chi connectivity index (χ1) is 9.81. The Balaban J connectivity index is 2.14. The topological polar surface area (TPSA) is 52.7 Å². The first-order valence-electron chi connectivity index (χ1n) is 6.90. The number of halogens is 1. The Morgan fingerprint density at radius 2 is 2.00 bits per heavy atom. The van der Waals surface area contributed by atoms with Gasteiger partial charge in [0.15, 0.2) is 0 Å². The van der Waals surface area contributed by atoms with Crippen molar-refractivity contribution in [1.82, 2.24) is 4.90 Å². The highest BCUT2D eigenvalue weighted by atomic mass is 35.5. The van der Waals surface area contributed by atoms with Gasteiger partial charge in [0.05, 0.1) is 17.1 Å². The number of rotatable bonds is 4. The molecule has 0 aromatic heterocycles. The van der Waals surface area contributed by atoms with Crippen LogP contribution in [-0.2, 0) is 9.59 Å². The summed E-state index contributed by atoms with van der Waals surface area (Å²) in [5.74, 6) is -0.314. The van der Waals surface area contributed by atoms with Gasteiger partial charge in [0.1, 0.15) is 6.04 Å². The van der Waals surface area contributed by atoms with Crippen LogP contribution >= 0.6 is 11.6 Å². The summed E-state index contributed by atoms with van der Waals surface area (Å²) < 4.78 is 0. The van der Waals surface area contributed by atoms with E-state index in [9.17, 15) is 9.59 Å². The van der Waals surface area contributed by atoms with Crippen LogP contribution in [0.25, 0.3) is 0 Å². The number of nitrogens with zero attached hydrogens (tertiary/aromatic N) is 2. The molecule has 0 bridgehead atoms. The van der Waals surface area contributed by atoms with Gasteiger partial charge in [0.25, 0.3) is 5.91 Å². The fourth-order valence-electron chi connectivity index (χ4n) is 2.47. The molecule has 1 saturated heterocycles. The molecular formula is C15H20ClN3O2. The van der Waals surface area contributed by atoms with Crippen molar-refractivity contribution >= 4 is 34.8 Å². The molecule has 0 aliphatic carbocycles. The standard InChI is InChI=1S/C15H20ClN3O2/c1-9(2)19-14(20)8-12(15(19)21)17-10-5-6-13(18(3)4)11(16)7-10/h5-7,9,12,17H,8H2,1-4H3. The molecule has 0 radical (unpaired) electrons. The number of carbonyl (C=O) groups excluding carboxylic acids is 2. The minimum atomic E-state index is -0.513. The van der Waals surface area contributed by atoms with Gasteiger partial charge in [-0.15, -0.1) is 0 Å². The van der Waals surface area contributed by atoms with Gasteiger partial charge in [0.2, 0.25) is 5.91 Å². The van der Waals surface area contributed by atoms with Crippen LogP contribution < -0.4 is 10.2 Å². The van der Waals surface area contributed by atoms with E-state index in [1.54, 1.807) is 6.07 Å². The van der Waals surface area contributed by atoms with Crippen LogP contribution in [0.3, 0.4) is 0 Å². The number of likely N-dealkylation sites (tertiary alicyclic amines) is 1. The zero-order chi connectivity index (χ0) is 15.7. The molecule has 0 saturated carbocycles. The summed E-state index contributed by atoms with van der Waals surface area (Å²) in [5, 5.41) is 3.70. The first kappa shape index (κ1) is 15.6. The first-order valence-corrected chi connectivity index (χ1v) is 7.28. The van der Waals surface area contributed by atoms with E-state index < -0.39 is 6.04 Å². The Labute approximate surface area is 129 Å². The van der Waals surface area contributed by atoms with Gasteiger partial charge >= 0.3 is 0 Å². The zero-order valence-electron chi connectivity index (χ0n) is 12.7. The number of anilines is 2. The van der Waals surface area contributed by atoms with Crippen molar-refractivity contribution in [2.75, 3.05) is 24.3 Å². The predicted molar refractivity (Wildman–Crippen MR) is 84.8 cm³/mol. The van der Waals surface area contributed by atoms with Crippen LogP contribution in [0, 0.1) is 0 Å². The number of imide groups is 1. The number of hydrogen-bond donors (Lipinski definition) is 1. The van der Waals surface area contributed by atoms with E-state index in [0.717, 1.165) is 11.4 Å². The Morgan fingerprint density at radius 1 is 1.33 bits per heavy atom. The predicted octanol–water partition coefficient (Wildman–Crippen LogP) is 2.35. The number of amides is 2. The maximum absolute atomic E-state index is 12.2. The molecule has 1 aromatic carbocycles. The lowest BCUT2D eigenvalue weighted by molar-refractivity contribution is -0.140. The molecule has 1 unspecified atom stereocenters. The summed E-state index contributed by atoms with van der Waals surface area (Å²) in [6.45, 7) is 3.67. The Bertz CT molecular complexity index is 572. The van der Waals surface area contributed by atoms with E-state index in [4.69, 9.17) is 11.6 Å². The molecule has 1 aliphatic heterocycles. The van der Waals surface area contributed by atoms with Crippen molar-refractivity contribution < 1.29 is 9.59 Å². The summed E-state index contributed by atoms with van der Waals surface area (Å²) >= 11 is 6.21. The molecule has 2 rings (SSSR count). The van der Waals surface area contributed by atoms with Gasteiger partial charge in [-0.2, -0.15) is 0 Å². The SMILES string of the molecule is CC(C)N1C(=O)CC(Nc2ccc(N(C)C)c(Cl)c2)C1=O. The summed E-state index contributed by atoms with van der Waals surface area (Å²) in [7, 11) is 3.82. The van der Waals surface area contributed by atoms with Crippen molar-refractivity contribution in [1.29, 1.82) is 0 Å². The van der Waals surface area contributed by atoms with Gasteiger partial charge in [-0.25, -0.2) is 0 Å². The number of hydrogen-bond acceptors (Lipinski definition) is 4. The second-order valence-corrected chi connectivity index (χ2v) is 6.06. The largest absolute Gasteiger partial charge is 0.376 e. The number of benzene rings is 1. The zero-order valence-corrected chi connectivity index (χ0v) is 13.4. The van der Waals surface area contributed by atoms with Crippen LogP contribution in [0.4, 0.5) is 11.4 Å². The van der Waals surface area contributed by atoms with Gasteiger partial charge in [0, 0.05) is 25.8 Å². The molecule has 1 heterocycles. The minimum absolute atomic E-state index is 0.114. The molecule has 0 spiro atoms. The molecule has 1 N–H and O–H groups in total. The van der Waals surface area contributed by atoms with Crippen molar-refractivity contribution in [2.24, 2.45) is 0 Å². The average Bonchev–Trinajstić information content (AvgIpc) is 2.63. The van der Waals surface area contributed by atoms with Crippen LogP contribution in [0.5, 0.6) is 0 Å². The van der Waals surface area contributed by atoms with E-state index in [-0.39, 0.29) is 24.3 Å². The van der Waals surface area contributed by atoms with Crippen molar-refractivity contribution in [2.45, 2.75) is 32.4 Å². The van der Waals surface area contributed by atoms with Crippen LogP contribution in [-0.4, -0.2) is 42.9 Å². The highest BCUT2D eigenvalue weighted by Crippen LogP contribution is 2.29. The van der Waals surface area contributed by atoms with E-state index in [1.165, 1.54) is 4.90 Å². The molecule has 1 aliphatic rings. The highest BCUT2D eigenvalue weighted by molar-refractivity contribution is 6.33. The maximum atomic E-state index is 12.2. The summed E-state index contributed by atoms with van der Waals surface area (Å²) in [6, 6.07) is 4.88. The maximum Gasteiger partial charge on any atom is 0.252 e. The minimum Gasteiger partial charge on any atom is -0.376 e. The summed E-state index contributed by atoms with van der Waals surface area (Å²) in [4.78, 5) is 27.3. The van der Waals surface area contributed by atoms with Crippen molar-refractivity contribution in [3.05, 3.63) is 23.2 Å². The number of nitrogens with one attached hydrogen (secondary N) is 1. The second-order valence-electron chi connectivity index (χ2n) is 5.66. The van der Waals surface area contributed by atoms with E-state index in [0.29, 0.717) is 5.02 Å². The molecule has 114 valence electrons. The third kappa shape index (κ3) is 3.13. The quantitative estimate of drug-likeness (QED) is 0.868. The van der Waals surface area contributed by atoms with E-state index >= 15 is 0 Å². The Hall–Kier alpha value is -1.75. The molecule has 2 amide bonds. The van der Waals surface area contributed by atoms with Gasteiger partial charge < -0.3 is 10.2 Å². The fraction of sp³-hybridized carbons (Fsp3) is 0.467. The summed E-state index contributed by atoms with van der Waals surface area (Å²) in [6.07, 6.45) is 0.185. The third-order valence-electron chi connectivity index (χ3n) is 3.47. The van der Waals surface area contributed by atoms with Crippen LogP contribution in [0.1, 0.15) is 20.3 Å². The Kier molecular flexibility index (Phi) is 4.42. The lowest BCUT2D eigenvalue weighted by Crippen LogP contribution is -2.39. The van der Waals surface area contributed by atoms with E-state index in [2.05, 4.69) is 5.32 Å². The lowest BCUT2D eigenvalue weighted by Gasteiger charge is -2.20. The van der Waals surface area contributed by atoms with Crippen LogP contribution in [0.2, 0.25) is 5.02 Å². The molecule has 1 aromatic rings. The van der Waals surface area contributed by atoms with Gasteiger partial charge in [-0.3, -0.25) is 14.5 Å². The van der Waals surface area contributed by atoms with Crippen LogP contribution in [0.15, 0.2) is 18.2 Å². The molecular weight excluding hydrogens is 290 g/mol. The second kappa shape index (κ2) is 5.93. The smallest absolute Gasteiger partial charge is 0.252 e. The van der Waals surface area contributed by atoms with Crippen molar-refractivity contribution in [3.8, 4) is 0 Å². The number of carbonyl (C=O) groups is 2. The fourth-order valence-corrected chi connectivity index (χ4v) is 2.82. The van der Waals surface area contributed by atoms with Crippen molar-refractivity contribution in [3.63, 3.8) is 0 Å². The monoisotopic (exact) mass is 309 g/mol. The molecule has 21 heavy (non-hydrogen) atoms. The normalized spacial score (nSPS) is 18.6. The highest BCUT2D eigenvalue weighted by Gasteiger charge is 2.39. The Morgan fingerprint density at radius 3 is 2.48 bits per heavy atom. The molecule has 1 atom stereocenters. The molecule has 1 fully saturated rings.